The standard InChI is InChI=1S/C34H35N/c1-33(2,3)26-15-19-28(20-16-26)35(29-21-17-27(18-22-29)34(4,5)6)32-30-13-9-7-11-24(30)23-25-12-8-10-14-31(25)32/h7-23H,1-6H3. The minimum atomic E-state index is 0.115. The van der Waals surface area contributed by atoms with Crippen molar-refractivity contribution in [2.75, 3.05) is 4.90 Å². The molecule has 5 aromatic rings. The van der Waals surface area contributed by atoms with E-state index in [-0.39, 0.29) is 10.8 Å². The molecule has 0 aliphatic heterocycles. The second-order valence-electron chi connectivity index (χ2n) is 11.6. The Bertz CT molecular complexity index is 1370. The van der Waals surface area contributed by atoms with Crippen LogP contribution in [0, 0.1) is 0 Å². The Morgan fingerprint density at radius 3 is 1.20 bits per heavy atom. The molecule has 0 saturated carbocycles. The number of nitrogens with zero attached hydrogens (tertiary/aromatic N) is 1. The van der Waals surface area contributed by atoms with Gasteiger partial charge < -0.3 is 4.90 Å². The predicted octanol–water partition coefficient (Wildman–Crippen LogP) is 10.1. The third-order valence-corrected chi connectivity index (χ3v) is 6.95. The summed E-state index contributed by atoms with van der Waals surface area (Å²) in [4.78, 5) is 2.43. The van der Waals surface area contributed by atoms with Crippen LogP contribution in [0.5, 0.6) is 0 Å². The average Bonchev–Trinajstić information content (AvgIpc) is 2.83. The summed E-state index contributed by atoms with van der Waals surface area (Å²) in [5.74, 6) is 0. The Labute approximate surface area is 210 Å². The van der Waals surface area contributed by atoms with Crippen molar-refractivity contribution in [2.24, 2.45) is 0 Å². The Kier molecular flexibility index (Phi) is 5.68. The molecule has 0 spiro atoms. The van der Waals surface area contributed by atoms with Crippen molar-refractivity contribution in [1.82, 2.24) is 0 Å². The zero-order valence-electron chi connectivity index (χ0n) is 21.8. The van der Waals surface area contributed by atoms with E-state index in [1.54, 1.807) is 0 Å². The molecule has 35 heavy (non-hydrogen) atoms. The summed E-state index contributed by atoms with van der Waals surface area (Å²) in [6.07, 6.45) is 0. The van der Waals surface area contributed by atoms with E-state index in [0.717, 1.165) is 0 Å². The molecule has 0 N–H and O–H groups in total. The fourth-order valence-corrected chi connectivity index (χ4v) is 4.86. The maximum atomic E-state index is 2.43. The molecule has 0 atom stereocenters. The van der Waals surface area contributed by atoms with E-state index >= 15 is 0 Å². The van der Waals surface area contributed by atoms with Crippen molar-refractivity contribution in [3.8, 4) is 0 Å². The topological polar surface area (TPSA) is 3.24 Å². The van der Waals surface area contributed by atoms with Gasteiger partial charge in [0, 0.05) is 22.1 Å². The van der Waals surface area contributed by atoms with Crippen LogP contribution in [0.25, 0.3) is 21.5 Å². The molecule has 1 heteroatoms. The van der Waals surface area contributed by atoms with Crippen LogP contribution >= 0.6 is 0 Å². The zero-order chi connectivity index (χ0) is 24.8. The van der Waals surface area contributed by atoms with Crippen molar-refractivity contribution in [3.63, 3.8) is 0 Å². The Balaban J connectivity index is 1.80. The van der Waals surface area contributed by atoms with Crippen LogP contribution in [-0.4, -0.2) is 0 Å². The van der Waals surface area contributed by atoms with Gasteiger partial charge in [-0.25, -0.2) is 0 Å². The van der Waals surface area contributed by atoms with Crippen molar-refractivity contribution in [1.29, 1.82) is 0 Å². The molecule has 0 radical (unpaired) electrons. The fraction of sp³-hybridized carbons (Fsp3) is 0.235. The van der Waals surface area contributed by atoms with Gasteiger partial charge in [-0.1, -0.05) is 114 Å². The number of hydrogen-bond acceptors (Lipinski definition) is 1. The van der Waals surface area contributed by atoms with Crippen LogP contribution in [0.15, 0.2) is 103 Å². The van der Waals surface area contributed by atoms with Gasteiger partial charge in [0.1, 0.15) is 0 Å². The Morgan fingerprint density at radius 2 is 0.829 bits per heavy atom. The number of fused-ring (bicyclic) bond motifs is 2. The molecule has 0 aromatic heterocycles. The highest BCUT2D eigenvalue weighted by Gasteiger charge is 2.21. The summed E-state index contributed by atoms with van der Waals surface area (Å²) in [7, 11) is 0. The lowest BCUT2D eigenvalue weighted by Crippen LogP contribution is -2.15. The second-order valence-corrected chi connectivity index (χ2v) is 11.6. The van der Waals surface area contributed by atoms with Gasteiger partial charge in [-0.3, -0.25) is 0 Å². The molecule has 5 rings (SSSR count). The van der Waals surface area contributed by atoms with Crippen LogP contribution in [0.3, 0.4) is 0 Å². The fourth-order valence-electron chi connectivity index (χ4n) is 4.86. The summed E-state index contributed by atoms with van der Waals surface area (Å²) in [6, 6.07) is 38.0. The molecular weight excluding hydrogens is 422 g/mol. The first-order valence-electron chi connectivity index (χ1n) is 12.5. The Morgan fingerprint density at radius 1 is 0.457 bits per heavy atom. The van der Waals surface area contributed by atoms with Gasteiger partial charge in [-0.15, -0.1) is 0 Å². The maximum Gasteiger partial charge on any atom is 0.0618 e. The van der Waals surface area contributed by atoms with Gasteiger partial charge in [0.15, 0.2) is 0 Å². The molecule has 0 heterocycles. The third kappa shape index (κ3) is 4.44. The lowest BCUT2D eigenvalue weighted by molar-refractivity contribution is 0.590. The van der Waals surface area contributed by atoms with E-state index in [4.69, 9.17) is 0 Å². The molecule has 0 bridgehead atoms. The molecule has 1 nitrogen and oxygen atoms in total. The first-order valence-corrected chi connectivity index (χ1v) is 12.5. The van der Waals surface area contributed by atoms with Crippen molar-refractivity contribution >= 4 is 38.6 Å². The summed E-state index contributed by atoms with van der Waals surface area (Å²) in [5.41, 5.74) is 6.48. The smallest absolute Gasteiger partial charge is 0.0618 e. The van der Waals surface area contributed by atoms with E-state index in [0.29, 0.717) is 0 Å². The Hall–Kier alpha value is -3.58. The summed E-state index contributed by atoms with van der Waals surface area (Å²) in [6.45, 7) is 13.6. The van der Waals surface area contributed by atoms with Crippen molar-refractivity contribution in [3.05, 3.63) is 114 Å². The van der Waals surface area contributed by atoms with Crippen LogP contribution < -0.4 is 4.90 Å². The summed E-state index contributed by atoms with van der Waals surface area (Å²) >= 11 is 0. The van der Waals surface area contributed by atoms with Gasteiger partial charge in [0.05, 0.1) is 5.69 Å². The molecule has 0 unspecified atom stereocenters. The van der Waals surface area contributed by atoms with Crippen molar-refractivity contribution < 1.29 is 0 Å². The van der Waals surface area contributed by atoms with Crippen LogP contribution in [-0.2, 0) is 10.8 Å². The quantitative estimate of drug-likeness (QED) is 0.244. The molecule has 0 saturated heterocycles. The largest absolute Gasteiger partial charge is 0.309 e. The number of rotatable bonds is 3. The minimum Gasteiger partial charge on any atom is -0.309 e. The molecule has 0 amide bonds. The highest BCUT2D eigenvalue weighted by molar-refractivity contribution is 6.14. The van der Waals surface area contributed by atoms with E-state index in [2.05, 4.69) is 150 Å². The number of anilines is 3. The number of benzene rings is 5. The molecule has 0 fully saturated rings. The van der Waals surface area contributed by atoms with Crippen LogP contribution in [0.1, 0.15) is 52.7 Å². The van der Waals surface area contributed by atoms with Gasteiger partial charge in [-0.2, -0.15) is 0 Å². The van der Waals surface area contributed by atoms with E-state index in [9.17, 15) is 0 Å². The molecule has 0 aliphatic carbocycles. The van der Waals surface area contributed by atoms with E-state index in [1.165, 1.54) is 49.7 Å². The van der Waals surface area contributed by atoms with E-state index < -0.39 is 0 Å². The minimum absolute atomic E-state index is 0.115. The van der Waals surface area contributed by atoms with Crippen LogP contribution in [0.4, 0.5) is 17.1 Å². The molecular formula is C34H35N. The van der Waals surface area contributed by atoms with Gasteiger partial charge >= 0.3 is 0 Å². The highest BCUT2D eigenvalue weighted by Crippen LogP contribution is 2.44. The second kappa shape index (κ2) is 8.57. The average molecular weight is 458 g/mol. The lowest BCUT2D eigenvalue weighted by atomic mass is 9.86. The van der Waals surface area contributed by atoms with Gasteiger partial charge in [-0.05, 0) is 63.1 Å². The van der Waals surface area contributed by atoms with Crippen LogP contribution in [0.2, 0.25) is 0 Å². The highest BCUT2D eigenvalue weighted by atomic mass is 15.1. The normalized spacial score (nSPS) is 12.3. The van der Waals surface area contributed by atoms with Gasteiger partial charge in [0.2, 0.25) is 0 Å². The SMILES string of the molecule is CC(C)(C)c1ccc(N(c2ccc(C(C)(C)C)cc2)c2c3ccccc3cc3ccccc23)cc1. The summed E-state index contributed by atoms with van der Waals surface area (Å²) < 4.78 is 0. The molecule has 5 aromatic carbocycles. The van der Waals surface area contributed by atoms with E-state index in [1.807, 2.05) is 0 Å². The van der Waals surface area contributed by atoms with Gasteiger partial charge in [0.25, 0.3) is 0 Å². The first kappa shape index (κ1) is 23.2. The maximum absolute atomic E-state index is 2.43. The molecule has 0 aliphatic rings. The summed E-state index contributed by atoms with van der Waals surface area (Å²) in [5, 5.41) is 5.02. The first-order chi connectivity index (χ1) is 16.6. The predicted molar refractivity (Wildman–Crippen MR) is 154 cm³/mol. The monoisotopic (exact) mass is 457 g/mol. The van der Waals surface area contributed by atoms with Crippen molar-refractivity contribution in [2.45, 2.75) is 52.4 Å². The lowest BCUT2D eigenvalue weighted by Gasteiger charge is -2.30. The zero-order valence-corrected chi connectivity index (χ0v) is 21.8. The molecule has 176 valence electrons. The number of hydrogen-bond donors (Lipinski definition) is 0. The third-order valence-electron chi connectivity index (χ3n) is 6.95.